The van der Waals surface area contributed by atoms with Crippen molar-refractivity contribution in [2.45, 2.75) is 25.8 Å². The molecule has 1 unspecified atom stereocenters. The Bertz CT molecular complexity index is 896. The van der Waals surface area contributed by atoms with Gasteiger partial charge in [-0.2, -0.15) is 0 Å². The third kappa shape index (κ3) is 6.40. The van der Waals surface area contributed by atoms with Gasteiger partial charge in [0.15, 0.2) is 5.96 Å². The van der Waals surface area contributed by atoms with Gasteiger partial charge in [0.1, 0.15) is 0 Å². The SMILES string of the molecule is CCNC(=NCCC(=O)N1CCN(c2ccccc2)CC1)NC1CCN(c2ccccc2)C1. The van der Waals surface area contributed by atoms with Gasteiger partial charge in [0.25, 0.3) is 0 Å². The first-order valence-electron chi connectivity index (χ1n) is 12.2. The molecule has 2 aromatic rings. The van der Waals surface area contributed by atoms with Gasteiger partial charge in [0, 0.05) is 69.7 Å². The van der Waals surface area contributed by atoms with E-state index in [1.807, 2.05) is 11.0 Å². The number of amides is 1. The molecule has 2 saturated heterocycles. The normalized spacial score (nSPS) is 19.0. The van der Waals surface area contributed by atoms with Crippen molar-refractivity contribution in [2.75, 3.05) is 62.2 Å². The highest BCUT2D eigenvalue weighted by atomic mass is 16.2. The zero-order valence-corrected chi connectivity index (χ0v) is 19.6. The van der Waals surface area contributed by atoms with E-state index in [0.29, 0.717) is 19.0 Å². The molecule has 4 rings (SSSR count). The summed E-state index contributed by atoms with van der Waals surface area (Å²) in [6, 6.07) is 21.3. The maximum atomic E-state index is 12.7. The number of anilines is 2. The van der Waals surface area contributed by atoms with Crippen molar-refractivity contribution in [1.82, 2.24) is 15.5 Å². The summed E-state index contributed by atoms with van der Waals surface area (Å²) in [4.78, 5) is 24.1. The van der Waals surface area contributed by atoms with Crippen molar-refractivity contribution in [1.29, 1.82) is 0 Å². The van der Waals surface area contributed by atoms with Gasteiger partial charge < -0.3 is 25.3 Å². The van der Waals surface area contributed by atoms with E-state index in [4.69, 9.17) is 4.99 Å². The van der Waals surface area contributed by atoms with Crippen molar-refractivity contribution >= 4 is 23.2 Å². The molecule has 7 heteroatoms. The van der Waals surface area contributed by atoms with E-state index < -0.39 is 0 Å². The second-order valence-corrected chi connectivity index (χ2v) is 8.63. The molecule has 0 bridgehead atoms. The standard InChI is InChI=1S/C26H36N6O/c1-2-27-26(29-22-14-16-32(21-22)24-11-7-4-8-12-24)28-15-13-25(33)31-19-17-30(18-20-31)23-9-5-3-6-10-23/h3-12,22H,2,13-21H2,1H3,(H2,27,28,29). The first-order chi connectivity index (χ1) is 16.2. The van der Waals surface area contributed by atoms with Gasteiger partial charge >= 0.3 is 0 Å². The van der Waals surface area contributed by atoms with Crippen LogP contribution in [0.25, 0.3) is 0 Å². The minimum absolute atomic E-state index is 0.193. The Morgan fingerprint density at radius 3 is 2.18 bits per heavy atom. The molecule has 2 aliphatic rings. The zero-order valence-electron chi connectivity index (χ0n) is 19.6. The van der Waals surface area contributed by atoms with Crippen LogP contribution in [0, 0.1) is 0 Å². The Hall–Kier alpha value is -3.22. The Morgan fingerprint density at radius 1 is 0.909 bits per heavy atom. The maximum absolute atomic E-state index is 12.7. The molecule has 0 spiro atoms. The van der Waals surface area contributed by atoms with E-state index >= 15 is 0 Å². The van der Waals surface area contributed by atoms with Crippen molar-refractivity contribution in [3.63, 3.8) is 0 Å². The largest absolute Gasteiger partial charge is 0.369 e. The topological polar surface area (TPSA) is 63.2 Å². The van der Waals surface area contributed by atoms with Crippen molar-refractivity contribution < 1.29 is 4.79 Å². The number of benzene rings is 2. The average molecular weight is 449 g/mol. The van der Waals surface area contributed by atoms with Crippen LogP contribution in [-0.4, -0.2) is 75.2 Å². The zero-order chi connectivity index (χ0) is 22.9. The fourth-order valence-electron chi connectivity index (χ4n) is 4.54. The molecule has 33 heavy (non-hydrogen) atoms. The smallest absolute Gasteiger partial charge is 0.224 e. The number of para-hydroxylation sites is 2. The summed E-state index contributed by atoms with van der Waals surface area (Å²) < 4.78 is 0. The van der Waals surface area contributed by atoms with Crippen LogP contribution in [0.4, 0.5) is 11.4 Å². The lowest BCUT2D eigenvalue weighted by Gasteiger charge is -2.36. The Balaban J connectivity index is 1.22. The number of guanidine groups is 1. The molecule has 2 aliphatic heterocycles. The van der Waals surface area contributed by atoms with Crippen LogP contribution in [0.1, 0.15) is 19.8 Å². The summed E-state index contributed by atoms with van der Waals surface area (Å²) in [5.74, 6) is 0.998. The molecule has 2 N–H and O–H groups in total. The second-order valence-electron chi connectivity index (χ2n) is 8.63. The molecular formula is C26H36N6O. The van der Waals surface area contributed by atoms with E-state index in [1.165, 1.54) is 11.4 Å². The van der Waals surface area contributed by atoms with Gasteiger partial charge in [-0.3, -0.25) is 9.79 Å². The average Bonchev–Trinajstić information content (AvgIpc) is 3.34. The number of nitrogens with one attached hydrogen (secondary N) is 2. The quantitative estimate of drug-likeness (QED) is 0.504. The number of piperazine rings is 1. The number of aliphatic imine (C=N–C) groups is 1. The molecule has 176 valence electrons. The molecule has 2 heterocycles. The molecule has 0 aromatic heterocycles. The lowest BCUT2D eigenvalue weighted by Crippen LogP contribution is -2.49. The molecule has 0 aliphatic carbocycles. The summed E-state index contributed by atoms with van der Waals surface area (Å²) in [6.45, 7) is 8.66. The van der Waals surface area contributed by atoms with Crippen LogP contribution >= 0.6 is 0 Å². The fourth-order valence-corrected chi connectivity index (χ4v) is 4.54. The third-order valence-corrected chi connectivity index (χ3v) is 6.34. The predicted molar refractivity (Wildman–Crippen MR) is 136 cm³/mol. The first-order valence-corrected chi connectivity index (χ1v) is 12.2. The van der Waals surface area contributed by atoms with Crippen LogP contribution in [0.15, 0.2) is 65.7 Å². The Kier molecular flexibility index (Phi) is 8.06. The van der Waals surface area contributed by atoms with E-state index in [1.54, 1.807) is 0 Å². The first kappa shape index (κ1) is 23.0. The summed E-state index contributed by atoms with van der Waals surface area (Å²) in [6.07, 6.45) is 1.52. The maximum Gasteiger partial charge on any atom is 0.224 e. The van der Waals surface area contributed by atoms with Gasteiger partial charge in [0.05, 0.1) is 6.54 Å². The summed E-state index contributed by atoms with van der Waals surface area (Å²) >= 11 is 0. The Labute approximate surface area is 197 Å². The van der Waals surface area contributed by atoms with Gasteiger partial charge in [-0.1, -0.05) is 36.4 Å². The molecule has 2 aromatic carbocycles. The lowest BCUT2D eigenvalue weighted by atomic mass is 10.2. The van der Waals surface area contributed by atoms with Crippen LogP contribution in [0.3, 0.4) is 0 Å². The number of hydrogen-bond donors (Lipinski definition) is 2. The Morgan fingerprint density at radius 2 is 1.55 bits per heavy atom. The molecular weight excluding hydrogens is 412 g/mol. The van der Waals surface area contributed by atoms with Crippen molar-refractivity contribution in [3.8, 4) is 0 Å². The number of rotatable bonds is 7. The minimum Gasteiger partial charge on any atom is -0.369 e. The highest BCUT2D eigenvalue weighted by Gasteiger charge is 2.24. The molecule has 7 nitrogen and oxygen atoms in total. The van der Waals surface area contributed by atoms with Gasteiger partial charge in [0.2, 0.25) is 5.91 Å². The van der Waals surface area contributed by atoms with Crippen LogP contribution in [0.2, 0.25) is 0 Å². The fraction of sp³-hybridized carbons (Fsp3) is 0.462. The van der Waals surface area contributed by atoms with Gasteiger partial charge in [-0.05, 0) is 37.6 Å². The predicted octanol–water partition coefficient (Wildman–Crippen LogP) is 2.56. The van der Waals surface area contributed by atoms with Gasteiger partial charge in [-0.25, -0.2) is 0 Å². The lowest BCUT2D eigenvalue weighted by molar-refractivity contribution is -0.131. The van der Waals surface area contributed by atoms with Crippen LogP contribution in [-0.2, 0) is 4.79 Å². The highest BCUT2D eigenvalue weighted by Crippen LogP contribution is 2.19. The van der Waals surface area contributed by atoms with E-state index in [2.05, 4.69) is 82.0 Å². The van der Waals surface area contributed by atoms with Crippen molar-refractivity contribution in [2.24, 2.45) is 4.99 Å². The number of carbonyl (C=O) groups excluding carboxylic acids is 1. The molecule has 0 radical (unpaired) electrons. The van der Waals surface area contributed by atoms with Gasteiger partial charge in [-0.15, -0.1) is 0 Å². The minimum atomic E-state index is 0.193. The third-order valence-electron chi connectivity index (χ3n) is 6.34. The molecule has 1 amide bonds. The summed E-state index contributed by atoms with van der Waals surface area (Å²) in [5, 5.41) is 6.89. The highest BCUT2D eigenvalue weighted by molar-refractivity contribution is 5.81. The second kappa shape index (κ2) is 11.6. The number of nitrogens with zero attached hydrogens (tertiary/aromatic N) is 4. The van der Waals surface area contributed by atoms with Crippen LogP contribution in [0.5, 0.6) is 0 Å². The van der Waals surface area contributed by atoms with E-state index in [0.717, 1.165) is 58.2 Å². The van der Waals surface area contributed by atoms with Crippen LogP contribution < -0.4 is 20.4 Å². The molecule has 1 atom stereocenters. The van der Waals surface area contributed by atoms with E-state index in [9.17, 15) is 4.79 Å². The summed E-state index contributed by atoms with van der Waals surface area (Å²) in [5.41, 5.74) is 2.50. The monoisotopic (exact) mass is 448 g/mol. The van der Waals surface area contributed by atoms with Crippen molar-refractivity contribution in [3.05, 3.63) is 60.7 Å². The van der Waals surface area contributed by atoms with E-state index in [-0.39, 0.29) is 5.91 Å². The molecule has 0 saturated carbocycles. The number of hydrogen-bond acceptors (Lipinski definition) is 4. The molecule has 2 fully saturated rings. The number of carbonyl (C=O) groups is 1. The summed E-state index contributed by atoms with van der Waals surface area (Å²) in [7, 11) is 0.